The third kappa shape index (κ3) is 3.55. The summed E-state index contributed by atoms with van der Waals surface area (Å²) in [6, 6.07) is 12.1. The Morgan fingerprint density at radius 1 is 1.00 bits per heavy atom. The van der Waals surface area contributed by atoms with E-state index in [2.05, 4.69) is 36.9 Å². The van der Waals surface area contributed by atoms with Crippen LogP contribution in [0.3, 0.4) is 0 Å². The van der Waals surface area contributed by atoms with Crippen molar-refractivity contribution in [3.05, 3.63) is 48.9 Å². The molecular weight excluding hydrogens is 268 g/mol. The van der Waals surface area contributed by atoms with Crippen molar-refractivity contribution in [3.63, 3.8) is 0 Å². The molecule has 6 heteroatoms. The number of hydrogen-bond donors (Lipinski definition) is 0. The molecule has 1 fully saturated rings. The van der Waals surface area contributed by atoms with E-state index in [9.17, 15) is 0 Å². The number of hydrogen-bond acceptors (Lipinski definition) is 6. The van der Waals surface area contributed by atoms with Crippen LogP contribution in [0.15, 0.2) is 53.4 Å². The van der Waals surface area contributed by atoms with Gasteiger partial charge in [0.1, 0.15) is 0 Å². The van der Waals surface area contributed by atoms with Gasteiger partial charge in [-0.3, -0.25) is 4.98 Å². The molecule has 1 saturated heterocycles. The highest BCUT2D eigenvalue weighted by Gasteiger charge is 2.13. The SMILES string of the molecule is c1ccc2ncccc2c1.c1onnc1N1CCOCC1. The minimum Gasteiger partial charge on any atom is -0.378 e. The quantitative estimate of drug-likeness (QED) is 0.682. The first-order valence-electron chi connectivity index (χ1n) is 6.83. The van der Waals surface area contributed by atoms with E-state index >= 15 is 0 Å². The molecular formula is C15H16N4O2. The lowest BCUT2D eigenvalue weighted by atomic mass is 10.2. The fourth-order valence-corrected chi connectivity index (χ4v) is 2.11. The Hall–Kier alpha value is -2.47. The van der Waals surface area contributed by atoms with Gasteiger partial charge in [-0.2, -0.15) is 0 Å². The molecule has 0 aliphatic carbocycles. The van der Waals surface area contributed by atoms with Gasteiger partial charge in [0.2, 0.25) is 0 Å². The number of fused-ring (bicyclic) bond motifs is 1. The van der Waals surface area contributed by atoms with Gasteiger partial charge >= 0.3 is 0 Å². The molecule has 0 amide bonds. The number of nitrogens with zero attached hydrogens (tertiary/aromatic N) is 4. The van der Waals surface area contributed by atoms with E-state index in [1.165, 1.54) is 5.39 Å². The minimum absolute atomic E-state index is 0.757. The summed E-state index contributed by atoms with van der Waals surface area (Å²) < 4.78 is 9.80. The first kappa shape index (κ1) is 13.5. The smallest absolute Gasteiger partial charge is 0.193 e. The molecule has 0 N–H and O–H groups in total. The molecule has 2 aromatic heterocycles. The monoisotopic (exact) mass is 284 g/mol. The largest absolute Gasteiger partial charge is 0.378 e. The molecule has 3 aromatic rings. The van der Waals surface area contributed by atoms with Crippen LogP contribution in [-0.2, 0) is 4.74 Å². The van der Waals surface area contributed by atoms with Gasteiger partial charge in [-0.25, -0.2) is 0 Å². The Bertz CT molecular complexity index is 601. The molecule has 0 spiro atoms. The third-order valence-corrected chi connectivity index (χ3v) is 3.20. The molecule has 3 heterocycles. The Kier molecular flexibility index (Phi) is 4.38. The van der Waals surface area contributed by atoms with Gasteiger partial charge in [-0.15, -0.1) is 0 Å². The predicted molar refractivity (Wildman–Crippen MR) is 79.1 cm³/mol. The second-order valence-electron chi connectivity index (χ2n) is 4.56. The van der Waals surface area contributed by atoms with Crippen molar-refractivity contribution < 1.29 is 9.26 Å². The van der Waals surface area contributed by atoms with Gasteiger partial charge in [0, 0.05) is 29.9 Å². The van der Waals surface area contributed by atoms with E-state index in [1.807, 2.05) is 30.5 Å². The van der Waals surface area contributed by atoms with Gasteiger partial charge < -0.3 is 14.2 Å². The second-order valence-corrected chi connectivity index (χ2v) is 4.56. The lowest BCUT2D eigenvalue weighted by molar-refractivity contribution is 0.122. The summed E-state index contributed by atoms with van der Waals surface area (Å²) in [7, 11) is 0. The Morgan fingerprint density at radius 2 is 1.81 bits per heavy atom. The van der Waals surface area contributed by atoms with Gasteiger partial charge in [0.25, 0.3) is 0 Å². The number of ether oxygens (including phenoxy) is 1. The molecule has 0 bridgehead atoms. The van der Waals surface area contributed by atoms with Crippen LogP contribution in [0.2, 0.25) is 0 Å². The highest BCUT2D eigenvalue weighted by molar-refractivity contribution is 5.77. The molecule has 1 aliphatic heterocycles. The second kappa shape index (κ2) is 6.81. The standard InChI is InChI=1S/C9H7N.C6H9N3O2/c1-2-6-9-8(4-1)5-3-7-10-9;1-3-10-4-2-9(1)6-5-11-8-7-6/h1-7H;5H,1-4H2. The number of benzene rings is 1. The first-order chi connectivity index (χ1) is 10.4. The highest BCUT2D eigenvalue weighted by atomic mass is 16.5. The van der Waals surface area contributed by atoms with Crippen molar-refractivity contribution in [2.24, 2.45) is 0 Å². The van der Waals surface area contributed by atoms with Crippen molar-refractivity contribution >= 4 is 16.7 Å². The van der Waals surface area contributed by atoms with Crippen molar-refractivity contribution in [1.82, 2.24) is 15.4 Å². The average molecular weight is 284 g/mol. The van der Waals surface area contributed by atoms with E-state index in [1.54, 1.807) is 6.26 Å². The van der Waals surface area contributed by atoms with E-state index in [4.69, 9.17) is 4.74 Å². The van der Waals surface area contributed by atoms with Crippen molar-refractivity contribution in [1.29, 1.82) is 0 Å². The fraction of sp³-hybridized carbons (Fsp3) is 0.267. The van der Waals surface area contributed by atoms with Crippen LogP contribution in [0.25, 0.3) is 10.9 Å². The molecule has 1 aromatic carbocycles. The van der Waals surface area contributed by atoms with E-state index < -0.39 is 0 Å². The van der Waals surface area contributed by atoms with Gasteiger partial charge in [0.05, 0.1) is 18.7 Å². The summed E-state index contributed by atoms with van der Waals surface area (Å²) in [4.78, 5) is 6.26. The van der Waals surface area contributed by atoms with Crippen molar-refractivity contribution in [2.75, 3.05) is 31.2 Å². The van der Waals surface area contributed by atoms with Crippen LogP contribution in [0.1, 0.15) is 0 Å². The molecule has 4 rings (SSSR count). The molecule has 108 valence electrons. The number of anilines is 1. The summed E-state index contributed by atoms with van der Waals surface area (Å²) in [5.41, 5.74) is 1.06. The maximum atomic E-state index is 5.18. The fourth-order valence-electron chi connectivity index (χ4n) is 2.11. The van der Waals surface area contributed by atoms with Crippen molar-refractivity contribution in [3.8, 4) is 0 Å². The molecule has 0 atom stereocenters. The zero-order valence-electron chi connectivity index (χ0n) is 11.6. The Morgan fingerprint density at radius 3 is 2.57 bits per heavy atom. The summed E-state index contributed by atoms with van der Waals surface area (Å²) in [6.07, 6.45) is 3.35. The first-order valence-corrected chi connectivity index (χ1v) is 6.83. The van der Waals surface area contributed by atoms with E-state index in [-0.39, 0.29) is 0 Å². The number of morpholine rings is 1. The minimum atomic E-state index is 0.757. The van der Waals surface area contributed by atoms with Gasteiger partial charge in [0.15, 0.2) is 12.1 Å². The summed E-state index contributed by atoms with van der Waals surface area (Å²) >= 11 is 0. The van der Waals surface area contributed by atoms with Crippen LogP contribution in [0.5, 0.6) is 0 Å². The molecule has 6 nitrogen and oxygen atoms in total. The number of para-hydroxylation sites is 1. The van der Waals surface area contributed by atoms with Crippen molar-refractivity contribution in [2.45, 2.75) is 0 Å². The molecule has 1 aliphatic rings. The Labute approximate surface area is 122 Å². The highest BCUT2D eigenvalue weighted by Crippen LogP contribution is 2.10. The molecule has 21 heavy (non-hydrogen) atoms. The normalized spacial score (nSPS) is 14.6. The summed E-state index contributed by atoms with van der Waals surface area (Å²) in [5, 5.41) is 8.38. The topological polar surface area (TPSA) is 64.3 Å². The zero-order valence-corrected chi connectivity index (χ0v) is 11.6. The Balaban J connectivity index is 0.000000126. The average Bonchev–Trinajstić information content (AvgIpc) is 3.11. The lowest BCUT2D eigenvalue weighted by Gasteiger charge is -2.25. The van der Waals surface area contributed by atoms with E-state index in [0.717, 1.165) is 37.6 Å². The number of rotatable bonds is 1. The molecule has 0 unspecified atom stereocenters. The lowest BCUT2D eigenvalue weighted by Crippen LogP contribution is -2.36. The number of aromatic nitrogens is 3. The van der Waals surface area contributed by atoms with Crippen LogP contribution in [-0.4, -0.2) is 41.7 Å². The maximum Gasteiger partial charge on any atom is 0.193 e. The third-order valence-electron chi connectivity index (χ3n) is 3.20. The van der Waals surface area contributed by atoms with Gasteiger partial charge in [-0.05, 0) is 12.1 Å². The maximum absolute atomic E-state index is 5.18. The van der Waals surface area contributed by atoms with E-state index in [0.29, 0.717) is 0 Å². The zero-order chi connectivity index (χ0) is 14.3. The van der Waals surface area contributed by atoms with Crippen LogP contribution >= 0.6 is 0 Å². The van der Waals surface area contributed by atoms with Crippen LogP contribution < -0.4 is 4.90 Å². The number of pyridine rings is 1. The van der Waals surface area contributed by atoms with Crippen LogP contribution in [0.4, 0.5) is 5.82 Å². The predicted octanol–water partition coefficient (Wildman–Crippen LogP) is 2.14. The molecule has 0 radical (unpaired) electrons. The molecule has 0 saturated carbocycles. The summed E-state index contributed by atoms with van der Waals surface area (Å²) in [5.74, 6) is 0.799. The van der Waals surface area contributed by atoms with Gasteiger partial charge in [-0.1, -0.05) is 29.4 Å². The van der Waals surface area contributed by atoms with Crippen LogP contribution in [0, 0.1) is 0 Å². The summed E-state index contributed by atoms with van der Waals surface area (Å²) in [6.45, 7) is 3.25.